The number of amides is 1. The molecule has 2 N–H and O–H groups in total. The molecule has 1 aromatic heterocycles. The van der Waals surface area contributed by atoms with E-state index in [2.05, 4.69) is 22.2 Å². The van der Waals surface area contributed by atoms with E-state index in [0.29, 0.717) is 5.56 Å². The van der Waals surface area contributed by atoms with Crippen molar-refractivity contribution in [1.29, 1.82) is 0 Å². The van der Waals surface area contributed by atoms with E-state index in [-0.39, 0.29) is 23.8 Å². The zero-order valence-corrected chi connectivity index (χ0v) is 17.0. The fraction of sp³-hybridized carbons (Fsp3) is 0.500. The van der Waals surface area contributed by atoms with Gasteiger partial charge in [0.2, 0.25) is 0 Å². The van der Waals surface area contributed by atoms with Crippen LogP contribution in [0.4, 0.5) is 0 Å². The van der Waals surface area contributed by atoms with Crippen molar-refractivity contribution in [2.75, 3.05) is 20.7 Å². The average molecular weight is 396 g/mol. The number of aromatic nitrogens is 2. The molecule has 4 rings (SSSR count). The molecule has 1 aliphatic carbocycles. The van der Waals surface area contributed by atoms with Crippen LogP contribution in [0.5, 0.6) is 0 Å². The van der Waals surface area contributed by atoms with Crippen LogP contribution in [-0.4, -0.2) is 53.5 Å². The van der Waals surface area contributed by atoms with Gasteiger partial charge >= 0.3 is 5.97 Å². The first-order valence-corrected chi connectivity index (χ1v) is 10.3. The number of carbonyl (C=O) groups excluding carboxylic acids is 2. The molecule has 1 aliphatic heterocycles. The van der Waals surface area contributed by atoms with Crippen LogP contribution < -0.4 is 5.32 Å². The van der Waals surface area contributed by atoms with E-state index in [1.165, 1.54) is 12.8 Å². The lowest BCUT2D eigenvalue weighted by Gasteiger charge is -2.27. The second-order valence-electron chi connectivity index (χ2n) is 8.12. The van der Waals surface area contributed by atoms with Gasteiger partial charge in [-0.25, -0.2) is 4.98 Å². The Kier molecular flexibility index (Phi) is 5.67. The summed E-state index contributed by atoms with van der Waals surface area (Å²) in [6, 6.07) is 7.68. The number of H-pyrrole nitrogens is 1. The van der Waals surface area contributed by atoms with Crippen LogP contribution in [0.2, 0.25) is 0 Å². The first kappa shape index (κ1) is 19.6. The average Bonchev–Trinajstić information content (AvgIpc) is 3.17. The lowest BCUT2D eigenvalue weighted by Crippen LogP contribution is -2.38. The summed E-state index contributed by atoms with van der Waals surface area (Å²) in [6.07, 6.45) is 4.08. The molecule has 0 atom stereocenters. The Morgan fingerprint density at radius 2 is 1.90 bits per heavy atom. The smallest absolute Gasteiger partial charge is 0.308 e. The van der Waals surface area contributed by atoms with Gasteiger partial charge in [0.25, 0.3) is 5.91 Å². The summed E-state index contributed by atoms with van der Waals surface area (Å²) in [5, 5.41) is 3.10. The van der Waals surface area contributed by atoms with Crippen LogP contribution in [-0.2, 0) is 22.5 Å². The molecule has 2 aromatic rings. The number of ether oxygens (including phenoxy) is 1. The van der Waals surface area contributed by atoms with E-state index in [9.17, 15) is 9.59 Å². The third-order valence-corrected chi connectivity index (χ3v) is 6.04. The Hall–Kier alpha value is -2.67. The molecule has 0 bridgehead atoms. The van der Waals surface area contributed by atoms with Crippen molar-refractivity contribution in [1.82, 2.24) is 20.2 Å². The molecule has 2 heterocycles. The van der Waals surface area contributed by atoms with Crippen LogP contribution in [0.25, 0.3) is 11.4 Å². The Bertz CT molecular complexity index is 882. The molecular weight excluding hydrogens is 368 g/mol. The molecule has 7 heteroatoms. The van der Waals surface area contributed by atoms with Gasteiger partial charge in [-0.05, 0) is 44.9 Å². The van der Waals surface area contributed by atoms with Gasteiger partial charge in [0, 0.05) is 36.7 Å². The number of imidazole rings is 1. The number of likely N-dealkylation sites (N-methyl/N-ethyl adjacent to an activating group) is 1. The van der Waals surface area contributed by atoms with Gasteiger partial charge in [-0.3, -0.25) is 9.59 Å². The predicted octanol–water partition coefficient (Wildman–Crippen LogP) is 2.53. The van der Waals surface area contributed by atoms with Crippen LogP contribution in [0.15, 0.2) is 24.3 Å². The molecule has 1 fully saturated rings. The number of nitrogens with zero attached hydrogens (tertiary/aromatic N) is 2. The summed E-state index contributed by atoms with van der Waals surface area (Å²) in [7, 11) is 3.54. The highest BCUT2D eigenvalue weighted by molar-refractivity contribution is 5.94. The molecular formula is C22H28N4O3. The van der Waals surface area contributed by atoms with Gasteiger partial charge in [0.15, 0.2) is 0 Å². The minimum absolute atomic E-state index is 0.0358. The topological polar surface area (TPSA) is 87.3 Å². The van der Waals surface area contributed by atoms with Crippen LogP contribution in [0.1, 0.15) is 47.4 Å². The Morgan fingerprint density at radius 1 is 1.17 bits per heavy atom. The molecule has 154 valence electrons. The third kappa shape index (κ3) is 4.34. The standard InChI is InChI=1S/C22H28N4O3/c1-26-12-11-18-19(13-26)25-20(24-18)14-3-5-15(6-4-14)21(27)23-17-9-7-16(8-10-17)22(28)29-2/h3-6,16-17H,7-13H2,1-2H3,(H,23,27)(H,24,25). The number of nitrogens with one attached hydrogen (secondary N) is 2. The van der Waals surface area contributed by atoms with Crippen molar-refractivity contribution < 1.29 is 14.3 Å². The number of hydrogen-bond acceptors (Lipinski definition) is 5. The molecule has 2 aliphatic rings. The second-order valence-corrected chi connectivity index (χ2v) is 8.12. The van der Waals surface area contributed by atoms with Crippen molar-refractivity contribution in [3.63, 3.8) is 0 Å². The first-order chi connectivity index (χ1) is 14.0. The Morgan fingerprint density at radius 3 is 2.59 bits per heavy atom. The second kappa shape index (κ2) is 8.37. The Balaban J connectivity index is 1.36. The number of hydrogen-bond donors (Lipinski definition) is 2. The number of esters is 1. The highest BCUT2D eigenvalue weighted by atomic mass is 16.5. The van der Waals surface area contributed by atoms with Crippen LogP contribution >= 0.6 is 0 Å². The van der Waals surface area contributed by atoms with Crippen molar-refractivity contribution in [3.05, 3.63) is 41.2 Å². The van der Waals surface area contributed by atoms with Crippen molar-refractivity contribution in [2.24, 2.45) is 5.92 Å². The summed E-state index contributed by atoms with van der Waals surface area (Å²) >= 11 is 0. The minimum atomic E-state index is -0.142. The molecule has 0 unspecified atom stereocenters. The van der Waals surface area contributed by atoms with E-state index in [4.69, 9.17) is 9.72 Å². The number of rotatable bonds is 4. The molecule has 29 heavy (non-hydrogen) atoms. The van der Waals surface area contributed by atoms with Crippen LogP contribution in [0.3, 0.4) is 0 Å². The van der Waals surface area contributed by atoms with Crippen molar-refractivity contribution >= 4 is 11.9 Å². The van der Waals surface area contributed by atoms with E-state index in [0.717, 1.165) is 62.3 Å². The molecule has 0 radical (unpaired) electrons. The molecule has 0 spiro atoms. The maximum atomic E-state index is 12.6. The summed E-state index contributed by atoms with van der Waals surface area (Å²) in [5.41, 5.74) is 3.94. The quantitative estimate of drug-likeness (QED) is 0.776. The van der Waals surface area contributed by atoms with E-state index < -0.39 is 0 Å². The maximum Gasteiger partial charge on any atom is 0.308 e. The molecule has 1 amide bonds. The summed E-state index contributed by atoms with van der Waals surface area (Å²) in [5.74, 6) is 0.611. The predicted molar refractivity (Wildman–Crippen MR) is 109 cm³/mol. The fourth-order valence-corrected chi connectivity index (χ4v) is 4.25. The first-order valence-electron chi connectivity index (χ1n) is 10.3. The fourth-order valence-electron chi connectivity index (χ4n) is 4.25. The van der Waals surface area contributed by atoms with Gasteiger partial charge < -0.3 is 19.9 Å². The highest BCUT2D eigenvalue weighted by Gasteiger charge is 2.27. The minimum Gasteiger partial charge on any atom is -0.469 e. The normalized spacial score (nSPS) is 22.0. The lowest BCUT2D eigenvalue weighted by atomic mass is 9.86. The maximum absolute atomic E-state index is 12.6. The van der Waals surface area contributed by atoms with E-state index >= 15 is 0 Å². The highest BCUT2D eigenvalue weighted by Crippen LogP contribution is 2.26. The summed E-state index contributed by atoms with van der Waals surface area (Å²) in [6.45, 7) is 1.92. The van der Waals surface area contributed by atoms with Gasteiger partial charge in [-0.1, -0.05) is 12.1 Å². The van der Waals surface area contributed by atoms with Gasteiger partial charge in [0.1, 0.15) is 5.82 Å². The summed E-state index contributed by atoms with van der Waals surface area (Å²) in [4.78, 5) is 34.7. The van der Waals surface area contributed by atoms with Gasteiger partial charge in [0.05, 0.1) is 24.4 Å². The molecule has 1 aromatic carbocycles. The van der Waals surface area contributed by atoms with Crippen LogP contribution in [0, 0.1) is 5.92 Å². The van der Waals surface area contributed by atoms with Crippen molar-refractivity contribution in [2.45, 2.75) is 44.7 Å². The number of aromatic amines is 1. The van der Waals surface area contributed by atoms with E-state index in [1.807, 2.05) is 24.3 Å². The SMILES string of the molecule is COC(=O)C1CCC(NC(=O)c2ccc(-c3nc4c([nH]3)CN(C)CC4)cc2)CC1. The largest absolute Gasteiger partial charge is 0.469 e. The van der Waals surface area contributed by atoms with Gasteiger partial charge in [-0.15, -0.1) is 0 Å². The Labute approximate surface area is 170 Å². The monoisotopic (exact) mass is 396 g/mol. The summed E-state index contributed by atoms with van der Waals surface area (Å²) < 4.78 is 4.82. The molecule has 0 saturated heterocycles. The number of carbonyl (C=O) groups is 2. The third-order valence-electron chi connectivity index (χ3n) is 6.04. The van der Waals surface area contributed by atoms with Gasteiger partial charge in [-0.2, -0.15) is 0 Å². The number of fused-ring (bicyclic) bond motifs is 1. The van der Waals surface area contributed by atoms with E-state index in [1.54, 1.807) is 0 Å². The number of benzene rings is 1. The zero-order chi connectivity index (χ0) is 20.4. The molecule has 7 nitrogen and oxygen atoms in total. The number of methoxy groups -OCH3 is 1. The zero-order valence-electron chi connectivity index (χ0n) is 17.0. The molecule has 1 saturated carbocycles. The van der Waals surface area contributed by atoms with Crippen molar-refractivity contribution in [3.8, 4) is 11.4 Å². The lowest BCUT2D eigenvalue weighted by molar-refractivity contribution is -0.146.